The standard InChI is InChI=1S/C19H25FN4OS.HI/c1-2-22-19(24-14-18(25)15-8-11-21-12-9-15)23-10-3-13-26-17-6-4-16(20)5-7-17;/h4-9,11-12,18,25H,2-3,10,13-14H2,1H3,(H2,22,23,24);1H. The highest BCUT2D eigenvalue weighted by atomic mass is 127. The Kier molecular flexibility index (Phi) is 12.0. The van der Waals surface area contributed by atoms with Crippen molar-refractivity contribution in [3.63, 3.8) is 0 Å². The Balaban J connectivity index is 0.00000364. The van der Waals surface area contributed by atoms with Crippen molar-refractivity contribution in [1.29, 1.82) is 0 Å². The van der Waals surface area contributed by atoms with Crippen molar-refractivity contribution in [1.82, 2.24) is 15.6 Å². The van der Waals surface area contributed by atoms with E-state index in [1.54, 1.807) is 48.4 Å². The second-order valence-electron chi connectivity index (χ2n) is 5.60. The first kappa shape index (κ1) is 23.6. The van der Waals surface area contributed by atoms with E-state index in [-0.39, 0.29) is 36.3 Å². The van der Waals surface area contributed by atoms with Crippen LogP contribution < -0.4 is 10.6 Å². The molecule has 1 aromatic carbocycles. The zero-order valence-electron chi connectivity index (χ0n) is 15.3. The molecule has 1 unspecified atom stereocenters. The maximum Gasteiger partial charge on any atom is 0.191 e. The van der Waals surface area contributed by atoms with E-state index in [9.17, 15) is 9.50 Å². The molecule has 0 bridgehead atoms. The third-order valence-electron chi connectivity index (χ3n) is 3.55. The fraction of sp³-hybridized carbons (Fsp3) is 0.368. The first-order chi connectivity index (χ1) is 12.7. The highest BCUT2D eigenvalue weighted by Crippen LogP contribution is 2.18. The number of guanidine groups is 1. The Bertz CT molecular complexity index is 673. The minimum absolute atomic E-state index is 0. The van der Waals surface area contributed by atoms with E-state index in [1.807, 2.05) is 6.92 Å². The van der Waals surface area contributed by atoms with Crippen molar-refractivity contribution < 1.29 is 9.50 Å². The van der Waals surface area contributed by atoms with Gasteiger partial charge in [-0.25, -0.2) is 4.39 Å². The average Bonchev–Trinajstić information content (AvgIpc) is 2.67. The number of thioether (sulfide) groups is 1. The van der Waals surface area contributed by atoms with Crippen LogP contribution in [0.3, 0.4) is 0 Å². The molecule has 0 spiro atoms. The summed E-state index contributed by atoms with van der Waals surface area (Å²) in [6.07, 6.45) is 3.61. The lowest BCUT2D eigenvalue weighted by Gasteiger charge is -2.13. The predicted molar refractivity (Wildman–Crippen MR) is 120 cm³/mol. The minimum Gasteiger partial charge on any atom is -0.386 e. The molecule has 27 heavy (non-hydrogen) atoms. The van der Waals surface area contributed by atoms with E-state index >= 15 is 0 Å². The van der Waals surface area contributed by atoms with Crippen LogP contribution in [0.1, 0.15) is 25.0 Å². The first-order valence-electron chi connectivity index (χ1n) is 8.67. The molecule has 1 atom stereocenters. The highest BCUT2D eigenvalue weighted by molar-refractivity contribution is 14.0. The molecule has 2 aromatic rings. The number of pyridine rings is 1. The van der Waals surface area contributed by atoms with Crippen LogP contribution in [0, 0.1) is 5.82 Å². The van der Waals surface area contributed by atoms with Gasteiger partial charge in [0.15, 0.2) is 5.96 Å². The number of aliphatic imine (C=N–C) groups is 1. The summed E-state index contributed by atoms with van der Waals surface area (Å²) in [6.45, 7) is 3.80. The van der Waals surface area contributed by atoms with Gasteiger partial charge in [0.25, 0.3) is 0 Å². The first-order valence-corrected chi connectivity index (χ1v) is 9.66. The summed E-state index contributed by atoms with van der Waals surface area (Å²) < 4.78 is 12.9. The van der Waals surface area contributed by atoms with Gasteiger partial charge in [-0.3, -0.25) is 9.98 Å². The van der Waals surface area contributed by atoms with Gasteiger partial charge in [-0.1, -0.05) is 0 Å². The number of halogens is 2. The molecule has 0 radical (unpaired) electrons. The summed E-state index contributed by atoms with van der Waals surface area (Å²) in [5, 5.41) is 16.6. The third kappa shape index (κ3) is 9.39. The summed E-state index contributed by atoms with van der Waals surface area (Å²) in [4.78, 5) is 9.44. The predicted octanol–water partition coefficient (Wildman–Crippen LogP) is 3.61. The quantitative estimate of drug-likeness (QED) is 0.160. The molecule has 0 amide bonds. The third-order valence-corrected chi connectivity index (χ3v) is 4.65. The fourth-order valence-electron chi connectivity index (χ4n) is 2.21. The van der Waals surface area contributed by atoms with Gasteiger partial charge in [-0.05, 0) is 61.1 Å². The number of rotatable bonds is 9. The van der Waals surface area contributed by atoms with Crippen molar-refractivity contribution in [2.45, 2.75) is 24.3 Å². The van der Waals surface area contributed by atoms with Crippen LogP contribution in [0.4, 0.5) is 4.39 Å². The van der Waals surface area contributed by atoms with Crippen LogP contribution in [0.2, 0.25) is 0 Å². The molecule has 0 fully saturated rings. The van der Waals surface area contributed by atoms with E-state index in [1.165, 1.54) is 12.1 Å². The van der Waals surface area contributed by atoms with Gasteiger partial charge in [0, 0.05) is 30.4 Å². The van der Waals surface area contributed by atoms with E-state index in [2.05, 4.69) is 20.6 Å². The highest BCUT2D eigenvalue weighted by Gasteiger charge is 2.06. The number of nitrogens with one attached hydrogen (secondary N) is 2. The second kappa shape index (κ2) is 13.7. The molecule has 2 rings (SSSR count). The van der Waals surface area contributed by atoms with Crippen LogP contribution in [0.5, 0.6) is 0 Å². The van der Waals surface area contributed by atoms with E-state index < -0.39 is 6.10 Å². The summed E-state index contributed by atoms with van der Waals surface area (Å²) in [5.41, 5.74) is 0.801. The van der Waals surface area contributed by atoms with Crippen LogP contribution in [0.15, 0.2) is 58.7 Å². The van der Waals surface area contributed by atoms with Crippen LogP contribution >= 0.6 is 35.7 Å². The Morgan fingerprint density at radius 2 is 1.89 bits per heavy atom. The van der Waals surface area contributed by atoms with Gasteiger partial charge in [0.1, 0.15) is 5.82 Å². The monoisotopic (exact) mass is 504 g/mol. The number of hydrogen-bond acceptors (Lipinski definition) is 4. The molecular formula is C19H26FIN4OS. The Hall–Kier alpha value is -1.39. The number of aliphatic hydroxyl groups excluding tert-OH is 1. The van der Waals surface area contributed by atoms with E-state index in [4.69, 9.17) is 0 Å². The zero-order valence-corrected chi connectivity index (χ0v) is 18.4. The normalized spacial score (nSPS) is 12.2. The molecular weight excluding hydrogens is 478 g/mol. The molecule has 8 heteroatoms. The zero-order chi connectivity index (χ0) is 18.6. The maximum absolute atomic E-state index is 12.9. The van der Waals surface area contributed by atoms with Crippen molar-refractivity contribution >= 4 is 41.7 Å². The Morgan fingerprint density at radius 1 is 1.19 bits per heavy atom. The smallest absolute Gasteiger partial charge is 0.191 e. The molecule has 5 nitrogen and oxygen atoms in total. The van der Waals surface area contributed by atoms with Gasteiger partial charge < -0.3 is 15.7 Å². The number of nitrogens with zero attached hydrogens (tertiary/aromatic N) is 2. The largest absolute Gasteiger partial charge is 0.386 e. The molecule has 148 valence electrons. The summed E-state index contributed by atoms with van der Waals surface area (Å²) in [6, 6.07) is 10.1. The van der Waals surface area contributed by atoms with Gasteiger partial charge in [0.2, 0.25) is 0 Å². The molecule has 1 heterocycles. The van der Waals surface area contributed by atoms with Crippen molar-refractivity contribution in [3.05, 3.63) is 60.2 Å². The molecule has 0 aliphatic carbocycles. The molecule has 3 N–H and O–H groups in total. The van der Waals surface area contributed by atoms with Gasteiger partial charge in [0.05, 0.1) is 12.6 Å². The topological polar surface area (TPSA) is 69.5 Å². The lowest BCUT2D eigenvalue weighted by atomic mass is 10.1. The van der Waals surface area contributed by atoms with Crippen LogP contribution in [-0.2, 0) is 0 Å². The fourth-order valence-corrected chi connectivity index (χ4v) is 3.06. The van der Waals surface area contributed by atoms with Gasteiger partial charge in [-0.2, -0.15) is 0 Å². The SMILES string of the molecule is CCNC(=NCC(O)c1ccncc1)NCCCSc1ccc(F)cc1.I. The lowest BCUT2D eigenvalue weighted by Crippen LogP contribution is -2.38. The van der Waals surface area contributed by atoms with Crippen molar-refractivity contribution in [2.24, 2.45) is 4.99 Å². The average molecular weight is 504 g/mol. The number of benzene rings is 1. The molecule has 0 saturated heterocycles. The maximum atomic E-state index is 12.9. The van der Waals surface area contributed by atoms with Gasteiger partial charge >= 0.3 is 0 Å². The Morgan fingerprint density at radius 3 is 2.56 bits per heavy atom. The van der Waals surface area contributed by atoms with Gasteiger partial charge in [-0.15, -0.1) is 35.7 Å². The van der Waals surface area contributed by atoms with Crippen molar-refractivity contribution in [2.75, 3.05) is 25.4 Å². The summed E-state index contributed by atoms with van der Waals surface area (Å²) >= 11 is 1.70. The molecule has 0 aliphatic rings. The van der Waals surface area contributed by atoms with Crippen LogP contribution in [0.25, 0.3) is 0 Å². The van der Waals surface area contributed by atoms with E-state index in [0.717, 1.165) is 35.7 Å². The summed E-state index contributed by atoms with van der Waals surface area (Å²) in [7, 11) is 0. The van der Waals surface area contributed by atoms with Crippen LogP contribution in [-0.4, -0.2) is 41.4 Å². The summed E-state index contributed by atoms with van der Waals surface area (Å²) in [5.74, 6) is 1.40. The molecule has 0 saturated carbocycles. The minimum atomic E-state index is -0.650. The molecule has 1 aromatic heterocycles. The number of aliphatic hydroxyl groups is 1. The molecule has 0 aliphatic heterocycles. The lowest BCUT2D eigenvalue weighted by molar-refractivity contribution is 0.187. The van der Waals surface area contributed by atoms with E-state index in [0.29, 0.717) is 5.96 Å². The second-order valence-corrected chi connectivity index (χ2v) is 6.77. The number of aromatic nitrogens is 1. The number of hydrogen-bond donors (Lipinski definition) is 3. The Labute approximate surface area is 181 Å². The van der Waals surface area contributed by atoms with Crippen molar-refractivity contribution in [3.8, 4) is 0 Å².